The number of carbonyl (C=O) groups excluding carboxylic acids is 1. The van der Waals surface area contributed by atoms with Crippen molar-refractivity contribution in [3.05, 3.63) is 18.2 Å². The molecule has 112 valence electrons. The number of nitrogens with one attached hydrogen (secondary N) is 2. The predicted octanol–water partition coefficient (Wildman–Crippen LogP) is -1.02. The summed E-state index contributed by atoms with van der Waals surface area (Å²) in [5, 5.41) is 11.5. The number of aromatic nitrogens is 2. The summed E-state index contributed by atoms with van der Waals surface area (Å²) >= 11 is 0. The van der Waals surface area contributed by atoms with E-state index in [1.165, 1.54) is 6.33 Å². The molecule has 0 spiro atoms. The van der Waals surface area contributed by atoms with Gasteiger partial charge in [0.1, 0.15) is 6.04 Å². The van der Waals surface area contributed by atoms with E-state index in [2.05, 4.69) is 15.3 Å². The molecule has 20 heavy (non-hydrogen) atoms. The van der Waals surface area contributed by atoms with Crippen LogP contribution in [0.1, 0.15) is 25.0 Å². The highest BCUT2D eigenvalue weighted by molar-refractivity contribution is 5.86. The van der Waals surface area contributed by atoms with Gasteiger partial charge in [-0.1, -0.05) is 0 Å². The first-order valence-electron chi connectivity index (χ1n) is 6.50. The van der Waals surface area contributed by atoms with Crippen molar-refractivity contribution in [2.45, 2.75) is 37.8 Å². The van der Waals surface area contributed by atoms with Crippen LogP contribution in [0.15, 0.2) is 12.5 Å². The van der Waals surface area contributed by atoms with Crippen LogP contribution in [0, 0.1) is 0 Å². The minimum absolute atomic E-state index is 0.279. The van der Waals surface area contributed by atoms with E-state index in [9.17, 15) is 9.59 Å². The lowest BCUT2D eigenvalue weighted by Gasteiger charge is -2.17. The van der Waals surface area contributed by atoms with E-state index >= 15 is 0 Å². The molecule has 0 aliphatic heterocycles. The van der Waals surface area contributed by atoms with Crippen LogP contribution in [0.4, 0.5) is 0 Å². The van der Waals surface area contributed by atoms with Crippen molar-refractivity contribution in [3.63, 3.8) is 0 Å². The van der Waals surface area contributed by atoms with Crippen molar-refractivity contribution in [1.82, 2.24) is 15.3 Å². The summed E-state index contributed by atoms with van der Waals surface area (Å²) in [5.41, 5.74) is 11.8. The number of nitrogens with zero attached hydrogens (tertiary/aromatic N) is 1. The molecular weight excluding hydrogens is 262 g/mol. The van der Waals surface area contributed by atoms with Crippen molar-refractivity contribution in [2.75, 3.05) is 6.54 Å². The molecule has 0 aliphatic carbocycles. The van der Waals surface area contributed by atoms with Gasteiger partial charge in [0.25, 0.3) is 0 Å². The minimum Gasteiger partial charge on any atom is -0.480 e. The number of amides is 1. The van der Waals surface area contributed by atoms with Crippen molar-refractivity contribution in [2.24, 2.45) is 11.5 Å². The zero-order chi connectivity index (χ0) is 15.0. The van der Waals surface area contributed by atoms with Crippen LogP contribution in [-0.4, -0.2) is 45.6 Å². The number of hydrogen-bond acceptors (Lipinski definition) is 5. The van der Waals surface area contributed by atoms with Gasteiger partial charge >= 0.3 is 5.97 Å². The molecule has 8 nitrogen and oxygen atoms in total. The zero-order valence-electron chi connectivity index (χ0n) is 11.2. The molecule has 0 unspecified atom stereocenters. The first-order valence-corrected chi connectivity index (χ1v) is 6.50. The maximum atomic E-state index is 11.9. The van der Waals surface area contributed by atoms with Crippen LogP contribution in [0.3, 0.4) is 0 Å². The lowest BCUT2D eigenvalue weighted by molar-refractivity contribution is -0.142. The molecule has 0 radical (unpaired) electrons. The van der Waals surface area contributed by atoms with Gasteiger partial charge in [0.05, 0.1) is 12.4 Å². The molecule has 7 N–H and O–H groups in total. The molecule has 1 aromatic rings. The highest BCUT2D eigenvalue weighted by atomic mass is 16.4. The first kappa shape index (κ1) is 16.1. The number of unbranched alkanes of at least 4 members (excludes halogenated alkanes) is 1. The Kier molecular flexibility index (Phi) is 6.68. The van der Waals surface area contributed by atoms with E-state index in [1.807, 2.05) is 0 Å². The SMILES string of the molecule is NCCCC[C@@H](NC(=O)[C@@H](N)Cc1cnc[nH]1)C(=O)O. The molecule has 2 atom stereocenters. The Morgan fingerprint density at radius 1 is 1.45 bits per heavy atom. The fourth-order valence-corrected chi connectivity index (χ4v) is 1.75. The quantitative estimate of drug-likeness (QED) is 0.366. The van der Waals surface area contributed by atoms with Crippen LogP contribution >= 0.6 is 0 Å². The predicted molar refractivity (Wildman–Crippen MR) is 72.7 cm³/mol. The summed E-state index contributed by atoms with van der Waals surface area (Å²) in [7, 11) is 0. The van der Waals surface area contributed by atoms with Crippen LogP contribution in [0.5, 0.6) is 0 Å². The molecule has 1 amide bonds. The number of aliphatic carboxylic acids is 1. The molecule has 1 rings (SSSR count). The van der Waals surface area contributed by atoms with Crippen molar-refractivity contribution in [1.29, 1.82) is 0 Å². The number of carboxylic acid groups (broad SMARTS) is 1. The molecule has 0 saturated carbocycles. The number of imidazole rings is 1. The maximum absolute atomic E-state index is 11.9. The van der Waals surface area contributed by atoms with Gasteiger partial charge in [-0.2, -0.15) is 0 Å². The Bertz CT molecular complexity index is 421. The average molecular weight is 283 g/mol. The first-order chi connectivity index (χ1) is 9.54. The average Bonchev–Trinajstić information content (AvgIpc) is 2.90. The standard InChI is InChI=1S/C12H21N5O3/c13-4-2-1-3-10(12(19)20)17-11(18)9(14)5-8-6-15-7-16-8/h6-7,9-10H,1-5,13-14H2,(H,15,16)(H,17,18)(H,19,20)/t9-,10+/m0/s1. The molecule has 8 heteroatoms. The number of rotatable bonds is 9. The summed E-state index contributed by atoms with van der Waals surface area (Å²) in [6.45, 7) is 0.500. The smallest absolute Gasteiger partial charge is 0.326 e. The summed E-state index contributed by atoms with van der Waals surface area (Å²) in [6.07, 6.45) is 5.05. The number of nitrogens with two attached hydrogens (primary N) is 2. The Hall–Kier alpha value is -1.93. The van der Waals surface area contributed by atoms with Crippen LogP contribution in [0.2, 0.25) is 0 Å². The number of carbonyl (C=O) groups is 2. The van der Waals surface area contributed by atoms with Crippen molar-refractivity contribution >= 4 is 11.9 Å². The van der Waals surface area contributed by atoms with Crippen molar-refractivity contribution < 1.29 is 14.7 Å². The Balaban J connectivity index is 2.45. The lowest BCUT2D eigenvalue weighted by Crippen LogP contribution is -2.49. The second kappa shape index (κ2) is 8.28. The summed E-state index contributed by atoms with van der Waals surface area (Å²) in [4.78, 5) is 29.6. The van der Waals surface area contributed by atoms with Gasteiger partial charge in [-0.3, -0.25) is 4.79 Å². The molecule has 0 fully saturated rings. The van der Waals surface area contributed by atoms with E-state index in [4.69, 9.17) is 16.6 Å². The molecule has 1 aromatic heterocycles. The summed E-state index contributed by atoms with van der Waals surface area (Å²) in [6, 6.07) is -1.74. The number of aromatic amines is 1. The number of hydrogen-bond donors (Lipinski definition) is 5. The minimum atomic E-state index is -1.07. The largest absolute Gasteiger partial charge is 0.480 e. The Morgan fingerprint density at radius 3 is 2.75 bits per heavy atom. The number of carboxylic acids is 1. The molecule has 0 bridgehead atoms. The van der Waals surface area contributed by atoms with E-state index < -0.39 is 24.0 Å². The third kappa shape index (κ3) is 5.37. The highest BCUT2D eigenvalue weighted by Crippen LogP contribution is 2.02. The Morgan fingerprint density at radius 2 is 2.20 bits per heavy atom. The van der Waals surface area contributed by atoms with E-state index in [-0.39, 0.29) is 6.42 Å². The van der Waals surface area contributed by atoms with Crippen LogP contribution in [-0.2, 0) is 16.0 Å². The van der Waals surface area contributed by atoms with Gasteiger partial charge in [-0.25, -0.2) is 9.78 Å². The molecular formula is C12H21N5O3. The summed E-state index contributed by atoms with van der Waals surface area (Å²) < 4.78 is 0. The monoisotopic (exact) mass is 283 g/mol. The topological polar surface area (TPSA) is 147 Å². The van der Waals surface area contributed by atoms with Crippen molar-refractivity contribution in [3.8, 4) is 0 Å². The van der Waals surface area contributed by atoms with Gasteiger partial charge in [0.2, 0.25) is 5.91 Å². The second-order valence-corrected chi connectivity index (χ2v) is 4.57. The number of H-pyrrole nitrogens is 1. The van der Waals surface area contributed by atoms with E-state index in [0.29, 0.717) is 19.4 Å². The van der Waals surface area contributed by atoms with Gasteiger partial charge in [-0.15, -0.1) is 0 Å². The third-order valence-corrected chi connectivity index (χ3v) is 2.89. The van der Waals surface area contributed by atoms with Gasteiger partial charge in [0.15, 0.2) is 0 Å². The van der Waals surface area contributed by atoms with E-state index in [1.54, 1.807) is 6.20 Å². The van der Waals surface area contributed by atoms with Gasteiger partial charge in [-0.05, 0) is 25.8 Å². The van der Waals surface area contributed by atoms with Gasteiger partial charge < -0.3 is 26.9 Å². The van der Waals surface area contributed by atoms with Crippen LogP contribution in [0.25, 0.3) is 0 Å². The lowest BCUT2D eigenvalue weighted by atomic mass is 10.1. The fraction of sp³-hybridized carbons (Fsp3) is 0.583. The summed E-state index contributed by atoms with van der Waals surface area (Å²) in [5.74, 6) is -1.55. The van der Waals surface area contributed by atoms with Gasteiger partial charge in [0, 0.05) is 18.3 Å². The zero-order valence-corrected chi connectivity index (χ0v) is 11.2. The highest BCUT2D eigenvalue weighted by Gasteiger charge is 2.23. The fourth-order valence-electron chi connectivity index (χ4n) is 1.75. The van der Waals surface area contributed by atoms with E-state index in [0.717, 1.165) is 12.1 Å². The third-order valence-electron chi connectivity index (χ3n) is 2.89. The maximum Gasteiger partial charge on any atom is 0.326 e. The Labute approximate surface area is 116 Å². The second-order valence-electron chi connectivity index (χ2n) is 4.57. The molecule has 0 aromatic carbocycles. The molecule has 0 aliphatic rings. The van der Waals surface area contributed by atoms with Crippen LogP contribution < -0.4 is 16.8 Å². The molecule has 1 heterocycles. The molecule has 0 saturated heterocycles. The normalized spacial score (nSPS) is 13.7.